The van der Waals surface area contributed by atoms with Crippen LogP contribution in [0, 0.1) is 0 Å². The lowest BCUT2D eigenvalue weighted by molar-refractivity contribution is 0.178. The van der Waals surface area contributed by atoms with Crippen molar-refractivity contribution >= 4 is 6.09 Å². The highest BCUT2D eigenvalue weighted by molar-refractivity contribution is 5.65. The molecule has 1 amide bonds. The van der Waals surface area contributed by atoms with Gasteiger partial charge in [0.2, 0.25) is 0 Å². The Balaban J connectivity index is 3.39. The molecule has 0 aliphatic rings. The smallest absolute Gasteiger partial charge is 0.409 e. The third-order valence-electron chi connectivity index (χ3n) is 0.636. The molecular weight excluding hydrogens is 122 g/mol. The highest BCUT2D eigenvalue weighted by Gasteiger charge is 1.96. The normalized spacial score (nSPS) is 8.56. The van der Waals surface area contributed by atoms with Gasteiger partial charge in [0.05, 0.1) is 6.61 Å². The molecule has 4 nitrogen and oxygen atoms in total. The van der Waals surface area contributed by atoms with Gasteiger partial charge in [-0.15, -0.1) is 0 Å². The molecule has 0 unspecified atom stereocenters. The Morgan fingerprint density at radius 2 is 2.33 bits per heavy atom. The lowest BCUT2D eigenvalue weighted by Gasteiger charge is -1.99. The lowest BCUT2D eigenvalue weighted by Crippen LogP contribution is -2.12. The Morgan fingerprint density at radius 3 is 2.67 bits per heavy atom. The van der Waals surface area contributed by atoms with E-state index in [1.54, 1.807) is 0 Å². The van der Waals surface area contributed by atoms with Crippen molar-refractivity contribution in [2.45, 2.75) is 6.42 Å². The second-order valence-corrected chi connectivity index (χ2v) is 1.43. The number of amides is 1. The SMILES string of the molecule is C=C(CCO)OC(N)=O. The van der Waals surface area contributed by atoms with Gasteiger partial charge in [0.1, 0.15) is 5.76 Å². The monoisotopic (exact) mass is 131 g/mol. The molecular formula is C5H9NO3. The molecule has 4 heteroatoms. The van der Waals surface area contributed by atoms with E-state index in [4.69, 9.17) is 5.11 Å². The van der Waals surface area contributed by atoms with E-state index >= 15 is 0 Å². The average Bonchev–Trinajstić information content (AvgIpc) is 1.63. The van der Waals surface area contributed by atoms with Gasteiger partial charge < -0.3 is 15.6 Å². The largest absolute Gasteiger partial charge is 0.416 e. The van der Waals surface area contributed by atoms with Crippen molar-refractivity contribution in [1.29, 1.82) is 0 Å². The highest BCUT2D eigenvalue weighted by Crippen LogP contribution is 1.96. The predicted octanol–water partition coefficient (Wildman–Crippen LogP) is -0.0222. The number of hydrogen-bond acceptors (Lipinski definition) is 3. The summed E-state index contributed by atoms with van der Waals surface area (Å²) in [5, 5.41) is 8.26. The maximum absolute atomic E-state index is 9.94. The van der Waals surface area contributed by atoms with E-state index in [0.717, 1.165) is 0 Å². The molecule has 52 valence electrons. The van der Waals surface area contributed by atoms with Crippen molar-refractivity contribution in [3.8, 4) is 0 Å². The molecule has 0 heterocycles. The lowest BCUT2D eigenvalue weighted by atomic mass is 10.4. The van der Waals surface area contributed by atoms with Gasteiger partial charge in [-0.3, -0.25) is 0 Å². The minimum Gasteiger partial charge on any atom is -0.416 e. The summed E-state index contributed by atoms with van der Waals surface area (Å²) < 4.78 is 4.28. The third kappa shape index (κ3) is 4.83. The van der Waals surface area contributed by atoms with Gasteiger partial charge in [0.15, 0.2) is 0 Å². The van der Waals surface area contributed by atoms with Crippen molar-refractivity contribution in [1.82, 2.24) is 0 Å². The fourth-order valence-electron chi connectivity index (χ4n) is 0.318. The molecule has 0 aliphatic heterocycles. The molecule has 0 rings (SSSR count). The van der Waals surface area contributed by atoms with Crippen LogP contribution in [0.25, 0.3) is 0 Å². The minimum absolute atomic E-state index is 0.0912. The van der Waals surface area contributed by atoms with E-state index < -0.39 is 6.09 Å². The number of nitrogens with two attached hydrogens (primary N) is 1. The summed E-state index contributed by atoms with van der Waals surface area (Å²) in [6, 6.07) is 0. The van der Waals surface area contributed by atoms with Crippen LogP contribution in [0.3, 0.4) is 0 Å². The quantitative estimate of drug-likeness (QED) is 0.528. The summed E-state index contributed by atoms with van der Waals surface area (Å²) in [7, 11) is 0. The van der Waals surface area contributed by atoms with Crippen molar-refractivity contribution < 1.29 is 14.6 Å². The van der Waals surface area contributed by atoms with Crippen molar-refractivity contribution in [3.05, 3.63) is 12.3 Å². The second-order valence-electron chi connectivity index (χ2n) is 1.43. The number of primary amides is 1. The van der Waals surface area contributed by atoms with Gasteiger partial charge in [-0.25, -0.2) is 4.79 Å². The van der Waals surface area contributed by atoms with Crippen LogP contribution in [-0.4, -0.2) is 17.8 Å². The molecule has 9 heavy (non-hydrogen) atoms. The summed E-state index contributed by atoms with van der Waals surface area (Å²) in [6.45, 7) is 3.21. The zero-order valence-electron chi connectivity index (χ0n) is 4.96. The first kappa shape index (κ1) is 7.97. The standard InChI is InChI=1S/C5H9NO3/c1-4(2-3-7)9-5(6)8/h7H,1-3H2,(H2,6,8). The van der Waals surface area contributed by atoms with Gasteiger partial charge in [-0.05, 0) is 0 Å². The molecule has 0 aromatic rings. The molecule has 0 aliphatic carbocycles. The van der Waals surface area contributed by atoms with Crippen LogP contribution < -0.4 is 5.73 Å². The molecule has 0 aromatic carbocycles. The number of rotatable bonds is 3. The maximum Gasteiger partial charge on any atom is 0.409 e. The van der Waals surface area contributed by atoms with Gasteiger partial charge in [-0.2, -0.15) is 0 Å². The molecule has 0 saturated carbocycles. The summed E-state index contributed by atoms with van der Waals surface area (Å²) in [4.78, 5) is 9.94. The maximum atomic E-state index is 9.94. The van der Waals surface area contributed by atoms with Crippen LogP contribution >= 0.6 is 0 Å². The number of carbonyl (C=O) groups is 1. The van der Waals surface area contributed by atoms with Crippen LogP contribution in [0.5, 0.6) is 0 Å². The highest BCUT2D eigenvalue weighted by atomic mass is 16.5. The fraction of sp³-hybridized carbons (Fsp3) is 0.400. The van der Waals surface area contributed by atoms with Crippen LogP contribution in [0.15, 0.2) is 12.3 Å². The van der Waals surface area contributed by atoms with Gasteiger partial charge in [0.25, 0.3) is 0 Å². The predicted molar refractivity (Wildman–Crippen MR) is 31.5 cm³/mol. The van der Waals surface area contributed by atoms with Crippen LogP contribution in [0.2, 0.25) is 0 Å². The second kappa shape index (κ2) is 3.91. The number of aliphatic hydroxyl groups is 1. The third-order valence-corrected chi connectivity index (χ3v) is 0.636. The number of carbonyl (C=O) groups excluding carboxylic acids is 1. The molecule has 0 fully saturated rings. The van der Waals surface area contributed by atoms with E-state index in [-0.39, 0.29) is 18.8 Å². The Labute approximate surface area is 52.9 Å². The molecule has 0 saturated heterocycles. The van der Waals surface area contributed by atoms with E-state index in [1.807, 2.05) is 0 Å². The van der Waals surface area contributed by atoms with Crippen molar-refractivity contribution in [2.75, 3.05) is 6.61 Å². The number of hydrogen-bond donors (Lipinski definition) is 2. The molecule has 0 bridgehead atoms. The molecule has 0 spiro atoms. The van der Waals surface area contributed by atoms with Gasteiger partial charge >= 0.3 is 6.09 Å². The first-order chi connectivity index (χ1) is 4.16. The Morgan fingerprint density at radius 1 is 1.78 bits per heavy atom. The number of ether oxygens (including phenoxy) is 1. The summed E-state index contributed by atoms with van der Waals surface area (Å²) in [5.41, 5.74) is 4.62. The van der Waals surface area contributed by atoms with Crippen LogP contribution in [0.1, 0.15) is 6.42 Å². The topological polar surface area (TPSA) is 72.6 Å². The first-order valence-corrected chi connectivity index (χ1v) is 2.42. The number of aliphatic hydroxyl groups excluding tert-OH is 1. The molecule has 0 aromatic heterocycles. The Bertz CT molecular complexity index is 121. The van der Waals surface area contributed by atoms with Gasteiger partial charge in [0, 0.05) is 6.42 Å². The van der Waals surface area contributed by atoms with Crippen molar-refractivity contribution in [2.24, 2.45) is 5.73 Å². The molecule has 0 radical (unpaired) electrons. The average molecular weight is 131 g/mol. The van der Waals surface area contributed by atoms with E-state index in [0.29, 0.717) is 0 Å². The molecule has 0 atom stereocenters. The van der Waals surface area contributed by atoms with Crippen LogP contribution in [-0.2, 0) is 4.74 Å². The zero-order valence-corrected chi connectivity index (χ0v) is 4.96. The van der Waals surface area contributed by atoms with E-state index in [2.05, 4.69) is 17.0 Å². The minimum atomic E-state index is -0.895. The first-order valence-electron chi connectivity index (χ1n) is 2.42. The summed E-state index contributed by atoms with van der Waals surface area (Å²) in [5.74, 6) is 0.185. The van der Waals surface area contributed by atoms with E-state index in [9.17, 15) is 4.79 Å². The summed E-state index contributed by atoms with van der Waals surface area (Å²) in [6.07, 6.45) is -0.656. The van der Waals surface area contributed by atoms with Gasteiger partial charge in [-0.1, -0.05) is 6.58 Å². The fourth-order valence-corrected chi connectivity index (χ4v) is 0.318. The molecule has 3 N–H and O–H groups in total. The van der Waals surface area contributed by atoms with E-state index in [1.165, 1.54) is 0 Å². The summed E-state index contributed by atoms with van der Waals surface area (Å²) >= 11 is 0. The Hall–Kier alpha value is -1.03. The zero-order chi connectivity index (χ0) is 7.28. The van der Waals surface area contributed by atoms with Crippen molar-refractivity contribution in [3.63, 3.8) is 0 Å². The Kier molecular flexibility index (Phi) is 3.46. The van der Waals surface area contributed by atoms with Crippen LogP contribution in [0.4, 0.5) is 4.79 Å².